The maximum atomic E-state index is 11.7. The van der Waals surface area contributed by atoms with Crippen LogP contribution in [-0.2, 0) is 19.1 Å². The molecular weight excluding hydrogens is 232 g/mol. The number of esters is 2. The minimum atomic E-state index is -0.522. The monoisotopic (exact) mass is 258 g/mol. The molecule has 0 unspecified atom stereocenters. The summed E-state index contributed by atoms with van der Waals surface area (Å²) in [4.78, 5) is 23.2. The molecule has 0 saturated heterocycles. The van der Waals surface area contributed by atoms with E-state index >= 15 is 0 Å². The first-order valence-corrected chi connectivity index (χ1v) is 6.29. The molecule has 0 saturated carbocycles. The molecule has 18 heavy (non-hydrogen) atoms. The number of carbonyl (C=O) groups excluding carboxylic acids is 2. The molecule has 106 valence electrons. The van der Waals surface area contributed by atoms with Crippen LogP contribution in [0.15, 0.2) is 0 Å². The molecule has 0 bridgehead atoms. The van der Waals surface area contributed by atoms with Crippen LogP contribution in [0.25, 0.3) is 0 Å². The molecule has 0 aliphatic rings. The predicted octanol–water partition coefficient (Wildman–Crippen LogP) is 2.94. The van der Waals surface area contributed by atoms with E-state index in [1.54, 1.807) is 27.7 Å². The Morgan fingerprint density at radius 1 is 1.06 bits per heavy atom. The van der Waals surface area contributed by atoms with Gasteiger partial charge in [0, 0.05) is 0 Å². The summed E-state index contributed by atoms with van der Waals surface area (Å²) in [6.07, 6.45) is 0.0558. The number of ether oxygens (including phenoxy) is 2. The molecule has 1 atom stereocenters. The van der Waals surface area contributed by atoms with Crippen molar-refractivity contribution in [1.82, 2.24) is 0 Å². The minimum Gasteiger partial charge on any atom is -0.465 e. The van der Waals surface area contributed by atoms with E-state index in [9.17, 15) is 9.59 Å². The third-order valence-corrected chi connectivity index (χ3v) is 1.94. The highest BCUT2D eigenvalue weighted by Crippen LogP contribution is 2.16. The van der Waals surface area contributed by atoms with Crippen molar-refractivity contribution in [2.24, 2.45) is 11.3 Å². The molecule has 0 amide bonds. The van der Waals surface area contributed by atoms with Gasteiger partial charge in [0.1, 0.15) is 5.60 Å². The van der Waals surface area contributed by atoms with Gasteiger partial charge in [-0.3, -0.25) is 9.59 Å². The Hall–Kier alpha value is -1.06. The molecule has 0 rings (SSSR count). The van der Waals surface area contributed by atoms with Crippen molar-refractivity contribution >= 4 is 11.9 Å². The van der Waals surface area contributed by atoms with E-state index in [2.05, 4.69) is 0 Å². The van der Waals surface area contributed by atoms with Gasteiger partial charge in [0.05, 0.1) is 18.9 Å². The first kappa shape index (κ1) is 16.9. The fourth-order valence-corrected chi connectivity index (χ4v) is 1.15. The third kappa shape index (κ3) is 9.02. The van der Waals surface area contributed by atoms with E-state index in [1.165, 1.54) is 0 Å². The minimum absolute atomic E-state index is 0.0558. The number of hydrogen-bond donors (Lipinski definition) is 0. The predicted molar refractivity (Wildman–Crippen MR) is 70.0 cm³/mol. The van der Waals surface area contributed by atoms with Gasteiger partial charge in [-0.25, -0.2) is 0 Å². The van der Waals surface area contributed by atoms with Crippen molar-refractivity contribution in [3.63, 3.8) is 0 Å². The van der Waals surface area contributed by atoms with Crippen molar-refractivity contribution in [2.45, 2.75) is 60.5 Å². The Morgan fingerprint density at radius 2 is 1.56 bits per heavy atom. The topological polar surface area (TPSA) is 52.6 Å². The molecule has 4 nitrogen and oxygen atoms in total. The Kier molecular flexibility index (Phi) is 5.84. The van der Waals surface area contributed by atoms with Gasteiger partial charge in [-0.05, 0) is 26.2 Å². The molecule has 0 spiro atoms. The molecule has 0 aromatic heterocycles. The van der Waals surface area contributed by atoms with Gasteiger partial charge >= 0.3 is 11.9 Å². The second-order valence-corrected chi connectivity index (χ2v) is 6.86. The summed E-state index contributed by atoms with van der Waals surface area (Å²) >= 11 is 0. The fourth-order valence-electron chi connectivity index (χ4n) is 1.15. The van der Waals surface area contributed by atoms with Gasteiger partial charge in [0.15, 0.2) is 0 Å². The van der Waals surface area contributed by atoms with Gasteiger partial charge in [0.25, 0.3) is 0 Å². The lowest BCUT2D eigenvalue weighted by Gasteiger charge is -2.22. The summed E-state index contributed by atoms with van der Waals surface area (Å²) in [7, 11) is 0. The highest BCUT2D eigenvalue weighted by Gasteiger charge is 2.24. The van der Waals surface area contributed by atoms with Crippen LogP contribution in [0.5, 0.6) is 0 Å². The summed E-state index contributed by atoms with van der Waals surface area (Å²) in [5, 5.41) is 0. The van der Waals surface area contributed by atoms with E-state index in [0.717, 1.165) is 0 Å². The molecular formula is C14H26O4. The van der Waals surface area contributed by atoms with Gasteiger partial charge < -0.3 is 9.47 Å². The Morgan fingerprint density at radius 3 is 1.94 bits per heavy atom. The molecule has 0 radical (unpaired) electrons. The normalized spacial score (nSPS) is 13.9. The van der Waals surface area contributed by atoms with Crippen molar-refractivity contribution in [1.29, 1.82) is 0 Å². The lowest BCUT2D eigenvalue weighted by atomic mass is 9.98. The highest BCUT2D eigenvalue weighted by atomic mass is 16.6. The van der Waals surface area contributed by atoms with Crippen molar-refractivity contribution < 1.29 is 19.1 Å². The molecule has 0 N–H and O–H groups in total. The number of hydrogen-bond acceptors (Lipinski definition) is 4. The molecule has 0 heterocycles. The Labute approximate surface area is 110 Å². The highest BCUT2D eigenvalue weighted by molar-refractivity contribution is 5.79. The van der Waals surface area contributed by atoms with Gasteiger partial charge in [-0.2, -0.15) is 0 Å². The zero-order valence-corrected chi connectivity index (χ0v) is 12.6. The van der Waals surface area contributed by atoms with Crippen LogP contribution in [0.2, 0.25) is 0 Å². The second-order valence-electron chi connectivity index (χ2n) is 6.86. The summed E-state index contributed by atoms with van der Waals surface area (Å²) in [5.41, 5.74) is -0.590. The average molecular weight is 258 g/mol. The third-order valence-electron chi connectivity index (χ3n) is 1.94. The standard InChI is InChI=1S/C14H26O4/c1-10(8-11(15)18-14(5,6)7)12(16)17-9-13(2,3)4/h10H,8-9H2,1-7H3/t10-/m1/s1. The summed E-state index contributed by atoms with van der Waals surface area (Å²) in [6, 6.07) is 0. The van der Waals surface area contributed by atoms with Crippen LogP contribution in [0.1, 0.15) is 54.9 Å². The van der Waals surface area contributed by atoms with E-state index in [-0.39, 0.29) is 23.8 Å². The second kappa shape index (κ2) is 6.21. The van der Waals surface area contributed by atoms with Gasteiger partial charge in [-0.15, -0.1) is 0 Å². The van der Waals surface area contributed by atoms with E-state index in [0.29, 0.717) is 6.61 Å². The van der Waals surface area contributed by atoms with Gasteiger partial charge in [0.2, 0.25) is 0 Å². The average Bonchev–Trinajstić information content (AvgIpc) is 2.09. The Bertz CT molecular complexity index is 294. The van der Waals surface area contributed by atoms with Crippen molar-refractivity contribution in [2.75, 3.05) is 6.61 Å². The van der Waals surface area contributed by atoms with Gasteiger partial charge in [-0.1, -0.05) is 27.7 Å². The summed E-state index contributed by atoms with van der Waals surface area (Å²) in [5.74, 6) is -1.19. The number of rotatable bonds is 4. The Balaban J connectivity index is 4.13. The smallest absolute Gasteiger partial charge is 0.309 e. The van der Waals surface area contributed by atoms with Crippen LogP contribution in [-0.4, -0.2) is 24.1 Å². The lowest BCUT2D eigenvalue weighted by Crippen LogP contribution is -2.28. The molecule has 0 aliphatic heterocycles. The lowest BCUT2D eigenvalue weighted by molar-refractivity contribution is -0.162. The zero-order valence-electron chi connectivity index (χ0n) is 12.6. The largest absolute Gasteiger partial charge is 0.465 e. The maximum Gasteiger partial charge on any atom is 0.309 e. The first-order valence-electron chi connectivity index (χ1n) is 6.29. The zero-order chi connectivity index (χ0) is 14.6. The molecule has 0 aromatic rings. The van der Waals surface area contributed by atoms with E-state index in [1.807, 2.05) is 20.8 Å². The number of carbonyl (C=O) groups is 2. The van der Waals surface area contributed by atoms with Crippen LogP contribution in [0, 0.1) is 11.3 Å². The quantitative estimate of drug-likeness (QED) is 0.727. The first-order chi connectivity index (χ1) is 7.91. The van der Waals surface area contributed by atoms with Crippen LogP contribution >= 0.6 is 0 Å². The maximum absolute atomic E-state index is 11.7. The van der Waals surface area contributed by atoms with E-state index in [4.69, 9.17) is 9.47 Å². The van der Waals surface area contributed by atoms with Crippen LogP contribution in [0.3, 0.4) is 0 Å². The molecule has 0 aliphatic carbocycles. The summed E-state index contributed by atoms with van der Waals surface area (Å²) in [6.45, 7) is 13.4. The fraction of sp³-hybridized carbons (Fsp3) is 0.857. The molecule has 0 aromatic carbocycles. The van der Waals surface area contributed by atoms with Crippen molar-refractivity contribution in [3.8, 4) is 0 Å². The van der Waals surface area contributed by atoms with Crippen LogP contribution in [0.4, 0.5) is 0 Å². The molecule has 0 fully saturated rings. The molecule has 4 heteroatoms. The van der Waals surface area contributed by atoms with Crippen LogP contribution < -0.4 is 0 Å². The SMILES string of the molecule is C[C@H](CC(=O)OC(C)(C)C)C(=O)OCC(C)(C)C. The van der Waals surface area contributed by atoms with E-state index < -0.39 is 11.5 Å². The van der Waals surface area contributed by atoms with Crippen molar-refractivity contribution in [3.05, 3.63) is 0 Å². The summed E-state index contributed by atoms with van der Waals surface area (Å²) < 4.78 is 10.3.